The minimum absolute atomic E-state index is 0.105. The maximum absolute atomic E-state index is 13.9. The van der Waals surface area contributed by atoms with Crippen LogP contribution in [-0.2, 0) is 5.72 Å². The first-order valence-corrected chi connectivity index (χ1v) is 11.9. The van der Waals surface area contributed by atoms with Gasteiger partial charge in [-0.3, -0.25) is 9.59 Å². The second-order valence-corrected chi connectivity index (χ2v) is 9.90. The molecule has 6 nitrogen and oxygen atoms in total. The number of aliphatic hydroxyl groups is 1. The van der Waals surface area contributed by atoms with Crippen LogP contribution >= 0.6 is 11.6 Å². The third-order valence-electron chi connectivity index (χ3n) is 7.32. The van der Waals surface area contributed by atoms with E-state index >= 15 is 0 Å². The van der Waals surface area contributed by atoms with Crippen LogP contribution in [0.1, 0.15) is 55.8 Å². The maximum atomic E-state index is 13.9. The number of amides is 1. The predicted octanol–water partition coefficient (Wildman–Crippen LogP) is 4.34. The van der Waals surface area contributed by atoms with Crippen molar-refractivity contribution in [3.63, 3.8) is 0 Å². The van der Waals surface area contributed by atoms with E-state index in [2.05, 4.69) is 5.32 Å². The van der Waals surface area contributed by atoms with E-state index in [0.717, 1.165) is 5.56 Å². The number of phenolic OH excluding ortho intramolecular Hbond substituents is 1. The summed E-state index contributed by atoms with van der Waals surface area (Å²) in [6.07, 6.45) is 0. The molecule has 1 amide bonds. The number of rotatable bonds is 1. The second-order valence-electron chi connectivity index (χ2n) is 9.49. The third-order valence-corrected chi connectivity index (χ3v) is 7.73. The van der Waals surface area contributed by atoms with Crippen molar-refractivity contribution in [3.8, 4) is 5.75 Å². The van der Waals surface area contributed by atoms with Crippen molar-refractivity contribution < 1.29 is 19.8 Å². The van der Waals surface area contributed by atoms with Gasteiger partial charge in [-0.25, -0.2) is 0 Å². The molecule has 2 aliphatic heterocycles. The Labute approximate surface area is 207 Å². The minimum atomic E-state index is -1.92. The van der Waals surface area contributed by atoms with Gasteiger partial charge in [-0.1, -0.05) is 54.1 Å². The largest absolute Gasteiger partial charge is 0.508 e. The highest BCUT2D eigenvalue weighted by molar-refractivity contribution is 6.31. The average molecular weight is 487 g/mol. The topological polar surface area (TPSA) is 89.9 Å². The number of hydrogen-bond acceptors (Lipinski definition) is 5. The molecule has 0 spiro atoms. The Morgan fingerprint density at radius 2 is 1.69 bits per heavy atom. The van der Waals surface area contributed by atoms with E-state index < -0.39 is 11.6 Å². The van der Waals surface area contributed by atoms with E-state index in [1.165, 1.54) is 11.0 Å². The van der Waals surface area contributed by atoms with Crippen LogP contribution in [-0.4, -0.2) is 39.4 Å². The summed E-state index contributed by atoms with van der Waals surface area (Å²) < 4.78 is 0. The number of ketones is 1. The van der Waals surface area contributed by atoms with Crippen LogP contribution in [0.3, 0.4) is 0 Å². The summed E-state index contributed by atoms with van der Waals surface area (Å²) >= 11 is 6.50. The molecule has 0 bridgehead atoms. The summed E-state index contributed by atoms with van der Waals surface area (Å²) in [5.74, 6) is -1.79. The normalized spacial score (nSPS) is 24.9. The van der Waals surface area contributed by atoms with Gasteiger partial charge in [0, 0.05) is 51.0 Å². The molecule has 3 unspecified atom stereocenters. The zero-order valence-electron chi connectivity index (χ0n) is 19.2. The molecule has 3 N–H and O–H groups in total. The molecular weight excluding hydrogens is 464 g/mol. The van der Waals surface area contributed by atoms with Crippen LogP contribution in [0.5, 0.6) is 5.75 Å². The third kappa shape index (κ3) is 2.87. The number of nitrogens with one attached hydrogen (secondary N) is 1. The zero-order valence-corrected chi connectivity index (χ0v) is 19.9. The van der Waals surface area contributed by atoms with Gasteiger partial charge in [-0.15, -0.1) is 0 Å². The highest BCUT2D eigenvalue weighted by Crippen LogP contribution is 2.55. The van der Waals surface area contributed by atoms with E-state index in [1.54, 1.807) is 49.4 Å². The Morgan fingerprint density at radius 3 is 2.43 bits per heavy atom. The molecule has 2 heterocycles. The first-order chi connectivity index (χ1) is 16.7. The molecule has 35 heavy (non-hydrogen) atoms. The van der Waals surface area contributed by atoms with Crippen molar-refractivity contribution in [1.82, 2.24) is 10.2 Å². The monoisotopic (exact) mass is 486 g/mol. The Morgan fingerprint density at radius 1 is 1.03 bits per heavy atom. The van der Waals surface area contributed by atoms with Gasteiger partial charge in [-0.2, -0.15) is 0 Å². The number of carbonyl (C=O) groups excluding carboxylic acids is 2. The number of benzene rings is 3. The molecule has 7 heteroatoms. The van der Waals surface area contributed by atoms with E-state index in [0.29, 0.717) is 38.5 Å². The number of fused-ring (bicyclic) bond motifs is 5. The Kier molecular flexibility index (Phi) is 4.66. The first-order valence-electron chi connectivity index (χ1n) is 11.5. The van der Waals surface area contributed by atoms with Crippen molar-refractivity contribution in [2.45, 2.75) is 31.5 Å². The minimum Gasteiger partial charge on any atom is -0.508 e. The van der Waals surface area contributed by atoms with Gasteiger partial charge in [0.15, 0.2) is 11.5 Å². The summed E-state index contributed by atoms with van der Waals surface area (Å²) in [5, 5.41) is 27.6. The number of aryl methyl sites for hydroxylation is 1. The number of nitrogens with zero attached hydrogens (tertiary/aromatic N) is 1. The number of carbonyl (C=O) groups is 2. The van der Waals surface area contributed by atoms with Gasteiger partial charge in [0.2, 0.25) is 0 Å². The van der Waals surface area contributed by atoms with Gasteiger partial charge in [-0.05, 0) is 37.6 Å². The van der Waals surface area contributed by atoms with Gasteiger partial charge in [0.1, 0.15) is 5.75 Å². The number of Topliss-reactive ketones (excluding diaryl/α,β-unsaturated/α-hetero) is 1. The van der Waals surface area contributed by atoms with Gasteiger partial charge < -0.3 is 20.4 Å². The molecule has 3 aromatic rings. The summed E-state index contributed by atoms with van der Waals surface area (Å²) in [6, 6.07) is 17.0. The number of aromatic hydroxyl groups is 1. The van der Waals surface area contributed by atoms with Gasteiger partial charge >= 0.3 is 0 Å². The summed E-state index contributed by atoms with van der Waals surface area (Å²) in [7, 11) is 0. The quantitative estimate of drug-likeness (QED) is 0.476. The zero-order chi connectivity index (χ0) is 24.6. The van der Waals surface area contributed by atoms with E-state index in [-0.39, 0.29) is 35.6 Å². The van der Waals surface area contributed by atoms with E-state index in [9.17, 15) is 19.8 Å². The smallest absolute Gasteiger partial charge is 0.256 e. The van der Waals surface area contributed by atoms with Crippen molar-refractivity contribution in [2.24, 2.45) is 0 Å². The number of hydrogen-bond donors (Lipinski definition) is 3. The fraction of sp³-hybridized carbons (Fsp3) is 0.214. The lowest BCUT2D eigenvalue weighted by Gasteiger charge is -2.44. The molecule has 0 aromatic heterocycles. The molecular formula is C28H23ClN2O4. The summed E-state index contributed by atoms with van der Waals surface area (Å²) in [5.41, 5.74) is 1.93. The lowest BCUT2D eigenvalue weighted by atomic mass is 9.75. The van der Waals surface area contributed by atoms with E-state index in [4.69, 9.17) is 11.6 Å². The SMILES string of the molecule is Cc1cc(O)c(C2C3=C(NC(C)CN4C(=O)c5ccccc5C24O)c2ccccc2C3=O)cc1Cl. The van der Waals surface area contributed by atoms with Crippen LogP contribution in [0.4, 0.5) is 0 Å². The lowest BCUT2D eigenvalue weighted by Crippen LogP contribution is -2.54. The highest BCUT2D eigenvalue weighted by Gasteiger charge is 2.58. The maximum Gasteiger partial charge on any atom is 0.256 e. The van der Waals surface area contributed by atoms with Crippen molar-refractivity contribution in [3.05, 3.63) is 105 Å². The average Bonchev–Trinajstić information content (AvgIpc) is 3.21. The van der Waals surface area contributed by atoms with E-state index in [1.807, 2.05) is 19.1 Å². The van der Waals surface area contributed by atoms with Gasteiger partial charge in [0.05, 0.1) is 11.6 Å². The molecule has 0 saturated heterocycles. The number of phenols is 1. The van der Waals surface area contributed by atoms with Crippen LogP contribution in [0.15, 0.2) is 66.2 Å². The molecule has 176 valence electrons. The fourth-order valence-electron chi connectivity index (χ4n) is 5.76. The van der Waals surface area contributed by atoms with Crippen LogP contribution in [0, 0.1) is 6.92 Å². The Balaban J connectivity index is 1.73. The lowest BCUT2D eigenvalue weighted by molar-refractivity contribution is -0.100. The second kappa shape index (κ2) is 7.44. The van der Waals surface area contributed by atoms with Crippen LogP contribution < -0.4 is 5.32 Å². The first kappa shape index (κ1) is 21.9. The molecule has 3 aromatic carbocycles. The standard InChI is InChI=1S/C28H23ClN2O4/c1-14-11-22(32)19(12-21(14)29)24-23-25(16-7-3-4-8-17(16)26(23)33)30-15(2)13-31-27(34)18-9-5-6-10-20(18)28(24,31)35/h3-12,15,24,30,32,35H,13H2,1-2H3. The molecule has 3 aliphatic rings. The molecule has 0 saturated carbocycles. The van der Waals surface area contributed by atoms with Crippen molar-refractivity contribution >= 4 is 29.0 Å². The predicted molar refractivity (Wildman–Crippen MR) is 132 cm³/mol. The molecule has 6 rings (SSSR count). The fourth-order valence-corrected chi connectivity index (χ4v) is 5.93. The van der Waals surface area contributed by atoms with Crippen LogP contribution in [0.25, 0.3) is 5.70 Å². The molecule has 0 fully saturated rings. The van der Waals surface area contributed by atoms with Crippen LogP contribution in [0.2, 0.25) is 5.02 Å². The molecule has 0 radical (unpaired) electrons. The summed E-state index contributed by atoms with van der Waals surface area (Å²) in [6.45, 7) is 3.87. The van der Waals surface area contributed by atoms with Crippen molar-refractivity contribution in [2.75, 3.05) is 6.54 Å². The Hall–Kier alpha value is -3.61. The Bertz CT molecular complexity index is 1480. The highest BCUT2D eigenvalue weighted by atomic mass is 35.5. The van der Waals surface area contributed by atoms with Crippen molar-refractivity contribution in [1.29, 1.82) is 0 Å². The molecule has 3 atom stereocenters. The van der Waals surface area contributed by atoms with Gasteiger partial charge in [0.25, 0.3) is 5.91 Å². The summed E-state index contributed by atoms with van der Waals surface area (Å²) in [4.78, 5) is 28.9. The number of halogens is 1. The molecule has 1 aliphatic carbocycles.